The van der Waals surface area contributed by atoms with Crippen LogP contribution in [0.5, 0.6) is 0 Å². The largest absolute Gasteiger partial charge is 0.379 e. The van der Waals surface area contributed by atoms with E-state index < -0.39 is 0 Å². The fourth-order valence-corrected chi connectivity index (χ4v) is 4.28. The number of nitrogens with zero attached hydrogens (tertiary/aromatic N) is 3. The summed E-state index contributed by atoms with van der Waals surface area (Å²) in [6.07, 6.45) is 2.65. The highest BCUT2D eigenvalue weighted by Gasteiger charge is 2.23. The van der Waals surface area contributed by atoms with Crippen LogP contribution in [0.1, 0.15) is 38.3 Å². The predicted molar refractivity (Wildman–Crippen MR) is 120 cm³/mol. The summed E-state index contributed by atoms with van der Waals surface area (Å²) in [5, 5.41) is 6.90. The van der Waals surface area contributed by atoms with Gasteiger partial charge in [0.25, 0.3) is 0 Å². The molecule has 6 nitrogen and oxygen atoms in total. The minimum atomic E-state index is -0.200. The average Bonchev–Trinajstić information content (AvgIpc) is 3.27. The van der Waals surface area contributed by atoms with Crippen molar-refractivity contribution in [2.45, 2.75) is 32.7 Å². The summed E-state index contributed by atoms with van der Waals surface area (Å²) < 4.78 is 19.0. The van der Waals surface area contributed by atoms with Crippen LogP contribution in [0.2, 0.25) is 0 Å². The molecule has 2 heterocycles. The molecule has 0 aromatic heterocycles. The molecule has 2 atom stereocenters. The second-order valence-corrected chi connectivity index (χ2v) is 8.43. The quantitative estimate of drug-likeness (QED) is 0.476. The van der Waals surface area contributed by atoms with Crippen molar-refractivity contribution < 1.29 is 9.13 Å². The molecule has 0 radical (unpaired) electrons. The Bertz CT molecular complexity index is 641. The number of rotatable bonds is 9. The summed E-state index contributed by atoms with van der Waals surface area (Å²) in [5.41, 5.74) is 1.11. The maximum atomic E-state index is 13.4. The Labute approximate surface area is 180 Å². The zero-order chi connectivity index (χ0) is 21.2. The lowest BCUT2D eigenvalue weighted by atomic mass is 10.0. The topological polar surface area (TPSA) is 52.1 Å². The molecule has 3 rings (SSSR count). The standard InChI is InChI=1S/C23H38FN5O/c1-3-25-23(26-16-19(2)18-28-10-4-5-11-28)27-17-22(29-12-14-30-15-13-29)20-6-8-21(24)9-7-20/h6-9,19,22H,3-5,10-18H2,1-2H3,(H2,25,26,27). The third-order valence-corrected chi connectivity index (χ3v) is 5.88. The second-order valence-electron chi connectivity index (χ2n) is 8.43. The van der Waals surface area contributed by atoms with Crippen LogP contribution in [0, 0.1) is 11.7 Å². The van der Waals surface area contributed by atoms with Gasteiger partial charge in [-0.15, -0.1) is 0 Å². The van der Waals surface area contributed by atoms with Crippen LogP contribution in [0.4, 0.5) is 4.39 Å². The summed E-state index contributed by atoms with van der Waals surface area (Å²) in [7, 11) is 0. The maximum Gasteiger partial charge on any atom is 0.191 e. The number of morpholine rings is 1. The molecule has 2 saturated heterocycles. The molecule has 2 unspecified atom stereocenters. The van der Waals surface area contributed by atoms with E-state index in [0.29, 0.717) is 5.92 Å². The van der Waals surface area contributed by atoms with Crippen LogP contribution in [0.15, 0.2) is 29.3 Å². The Kier molecular flexibility index (Phi) is 9.36. The van der Waals surface area contributed by atoms with Gasteiger partial charge in [0.15, 0.2) is 5.96 Å². The van der Waals surface area contributed by atoms with Crippen molar-refractivity contribution in [3.63, 3.8) is 0 Å². The molecule has 2 aliphatic rings. The number of hydrogen-bond acceptors (Lipinski definition) is 4. The molecule has 30 heavy (non-hydrogen) atoms. The number of nitrogens with one attached hydrogen (secondary N) is 2. The first-order valence-corrected chi connectivity index (χ1v) is 11.5. The van der Waals surface area contributed by atoms with E-state index in [1.807, 2.05) is 12.1 Å². The highest BCUT2D eigenvalue weighted by molar-refractivity contribution is 5.79. The van der Waals surface area contributed by atoms with Gasteiger partial charge in [0.05, 0.1) is 19.3 Å². The number of halogens is 1. The normalized spacial score (nSPS) is 20.8. The first-order valence-electron chi connectivity index (χ1n) is 11.5. The van der Waals surface area contributed by atoms with E-state index in [9.17, 15) is 4.39 Å². The molecular weight excluding hydrogens is 381 g/mol. The Hall–Kier alpha value is -1.70. The monoisotopic (exact) mass is 419 g/mol. The molecule has 1 aromatic carbocycles. The SMILES string of the molecule is CCNC(=NCC(C)CN1CCCC1)NCC(c1ccc(F)cc1)N1CCOCC1. The van der Waals surface area contributed by atoms with E-state index in [1.165, 1.54) is 25.9 Å². The van der Waals surface area contributed by atoms with Crippen LogP contribution in [0.3, 0.4) is 0 Å². The summed E-state index contributed by atoms with van der Waals surface area (Å²) in [5.74, 6) is 1.19. The third kappa shape index (κ3) is 7.22. The molecule has 1 aromatic rings. The molecule has 0 amide bonds. The van der Waals surface area contributed by atoms with Gasteiger partial charge in [0.2, 0.25) is 0 Å². The smallest absolute Gasteiger partial charge is 0.191 e. The maximum absolute atomic E-state index is 13.4. The molecule has 7 heteroatoms. The summed E-state index contributed by atoms with van der Waals surface area (Å²) in [6, 6.07) is 7.02. The molecule has 0 bridgehead atoms. The van der Waals surface area contributed by atoms with E-state index in [1.54, 1.807) is 12.1 Å². The minimum Gasteiger partial charge on any atom is -0.379 e. The van der Waals surface area contributed by atoms with E-state index >= 15 is 0 Å². The van der Waals surface area contributed by atoms with Crippen LogP contribution < -0.4 is 10.6 Å². The molecule has 168 valence electrons. The summed E-state index contributed by atoms with van der Waals surface area (Å²) in [4.78, 5) is 9.80. The lowest BCUT2D eigenvalue weighted by Gasteiger charge is -2.35. The van der Waals surface area contributed by atoms with Crippen LogP contribution in [0.25, 0.3) is 0 Å². The number of ether oxygens (including phenoxy) is 1. The fourth-order valence-electron chi connectivity index (χ4n) is 4.28. The Morgan fingerprint density at radius 3 is 2.47 bits per heavy atom. The fraction of sp³-hybridized carbons (Fsp3) is 0.696. The molecule has 0 saturated carbocycles. The molecule has 2 N–H and O–H groups in total. The van der Waals surface area contributed by atoms with Gasteiger partial charge in [-0.3, -0.25) is 9.89 Å². The van der Waals surface area contributed by atoms with Crippen LogP contribution in [-0.2, 0) is 4.74 Å². The zero-order valence-corrected chi connectivity index (χ0v) is 18.6. The Morgan fingerprint density at radius 1 is 1.10 bits per heavy atom. The zero-order valence-electron chi connectivity index (χ0n) is 18.6. The van der Waals surface area contributed by atoms with Gasteiger partial charge in [0.1, 0.15) is 5.82 Å². The number of hydrogen-bond donors (Lipinski definition) is 2. The van der Waals surface area contributed by atoms with Crippen molar-refractivity contribution in [3.8, 4) is 0 Å². The number of aliphatic imine (C=N–C) groups is 1. The predicted octanol–water partition coefficient (Wildman–Crippen LogP) is 2.49. The van der Waals surface area contributed by atoms with Crippen molar-refractivity contribution in [2.24, 2.45) is 10.9 Å². The van der Waals surface area contributed by atoms with Gasteiger partial charge in [-0.2, -0.15) is 0 Å². The first-order chi connectivity index (χ1) is 14.7. The van der Waals surface area contributed by atoms with Crippen molar-refractivity contribution >= 4 is 5.96 Å². The highest BCUT2D eigenvalue weighted by atomic mass is 19.1. The molecule has 2 fully saturated rings. The van der Waals surface area contributed by atoms with Gasteiger partial charge in [-0.1, -0.05) is 19.1 Å². The van der Waals surface area contributed by atoms with E-state index in [2.05, 4.69) is 34.3 Å². The number of benzene rings is 1. The summed E-state index contributed by atoms with van der Waals surface area (Å²) in [6.45, 7) is 13.5. The first kappa shape index (κ1) is 23.0. The summed E-state index contributed by atoms with van der Waals surface area (Å²) >= 11 is 0. The van der Waals surface area contributed by atoms with E-state index in [-0.39, 0.29) is 11.9 Å². The average molecular weight is 420 g/mol. The lowest BCUT2D eigenvalue weighted by molar-refractivity contribution is 0.0170. The van der Waals surface area contributed by atoms with Gasteiger partial charge < -0.3 is 20.3 Å². The Morgan fingerprint density at radius 2 is 1.80 bits per heavy atom. The van der Waals surface area contributed by atoms with Gasteiger partial charge in [-0.05, 0) is 56.5 Å². The second kappa shape index (κ2) is 12.2. The van der Waals surface area contributed by atoms with Crippen molar-refractivity contribution in [3.05, 3.63) is 35.6 Å². The van der Waals surface area contributed by atoms with Gasteiger partial charge in [-0.25, -0.2) is 4.39 Å². The van der Waals surface area contributed by atoms with E-state index in [4.69, 9.17) is 9.73 Å². The minimum absolute atomic E-state index is 0.153. The van der Waals surface area contributed by atoms with Crippen molar-refractivity contribution in [2.75, 3.05) is 65.6 Å². The van der Waals surface area contributed by atoms with Crippen LogP contribution >= 0.6 is 0 Å². The van der Waals surface area contributed by atoms with Crippen molar-refractivity contribution in [1.82, 2.24) is 20.4 Å². The number of likely N-dealkylation sites (tertiary alicyclic amines) is 1. The Balaban J connectivity index is 1.60. The number of guanidine groups is 1. The highest BCUT2D eigenvalue weighted by Crippen LogP contribution is 2.21. The van der Waals surface area contributed by atoms with Gasteiger partial charge >= 0.3 is 0 Å². The van der Waals surface area contributed by atoms with Crippen LogP contribution in [-0.4, -0.2) is 81.3 Å². The molecule has 0 spiro atoms. The lowest BCUT2D eigenvalue weighted by Crippen LogP contribution is -2.46. The molecule has 0 aliphatic carbocycles. The third-order valence-electron chi connectivity index (χ3n) is 5.88. The molecule has 2 aliphatic heterocycles. The molecular formula is C23H38FN5O. The van der Waals surface area contributed by atoms with Gasteiger partial charge in [0, 0.05) is 39.3 Å². The van der Waals surface area contributed by atoms with Crippen molar-refractivity contribution in [1.29, 1.82) is 0 Å². The van der Waals surface area contributed by atoms with E-state index in [0.717, 1.165) is 64.0 Å².